The zero-order valence-electron chi connectivity index (χ0n) is 11.6. The monoisotopic (exact) mass is 273 g/mol. The summed E-state index contributed by atoms with van der Waals surface area (Å²) in [5, 5.41) is 11.5. The smallest absolute Gasteiger partial charge is 0.326 e. The normalized spacial score (nSPS) is 18.3. The third kappa shape index (κ3) is 6.02. The third-order valence-electron chi connectivity index (χ3n) is 3.10. The van der Waals surface area contributed by atoms with Crippen LogP contribution in [0, 0.1) is 5.92 Å². The van der Waals surface area contributed by atoms with Crippen LogP contribution in [0.3, 0.4) is 0 Å². The van der Waals surface area contributed by atoms with Crippen molar-refractivity contribution in [3.8, 4) is 0 Å². The maximum Gasteiger partial charge on any atom is 0.326 e. The van der Waals surface area contributed by atoms with E-state index in [9.17, 15) is 9.59 Å². The summed E-state index contributed by atoms with van der Waals surface area (Å²) in [6, 6.07) is -0.837. The molecule has 6 heteroatoms. The highest BCUT2D eigenvalue weighted by Crippen LogP contribution is 2.10. The van der Waals surface area contributed by atoms with Crippen molar-refractivity contribution in [2.45, 2.75) is 45.3 Å². The molecule has 1 heterocycles. The molecule has 0 spiro atoms. The number of rotatable bonds is 7. The van der Waals surface area contributed by atoms with Gasteiger partial charge in [-0.05, 0) is 18.8 Å². The molecule has 0 radical (unpaired) electrons. The van der Waals surface area contributed by atoms with E-state index >= 15 is 0 Å². The highest BCUT2D eigenvalue weighted by atomic mass is 16.5. The fourth-order valence-electron chi connectivity index (χ4n) is 1.92. The molecule has 0 aromatic heterocycles. The molecule has 1 atom stereocenters. The zero-order valence-corrected chi connectivity index (χ0v) is 11.6. The minimum atomic E-state index is -1.01. The number of ether oxygens (including phenoxy) is 2. The lowest BCUT2D eigenvalue weighted by atomic mass is 10.0. The van der Waals surface area contributed by atoms with Gasteiger partial charge in [0.15, 0.2) is 0 Å². The van der Waals surface area contributed by atoms with Crippen LogP contribution in [0.25, 0.3) is 0 Å². The van der Waals surface area contributed by atoms with Crippen LogP contribution in [-0.2, 0) is 19.1 Å². The van der Waals surface area contributed by atoms with Gasteiger partial charge in [0.05, 0.1) is 12.7 Å². The number of nitrogens with one attached hydrogen (secondary N) is 1. The molecule has 2 N–H and O–H groups in total. The van der Waals surface area contributed by atoms with Crippen molar-refractivity contribution in [3.63, 3.8) is 0 Å². The highest BCUT2D eigenvalue weighted by Gasteiger charge is 2.23. The molecule has 0 saturated carbocycles. The van der Waals surface area contributed by atoms with Gasteiger partial charge in [0.25, 0.3) is 0 Å². The first-order chi connectivity index (χ1) is 9.00. The molecule has 1 aliphatic heterocycles. The number of hydrogen-bond acceptors (Lipinski definition) is 4. The van der Waals surface area contributed by atoms with Crippen LogP contribution < -0.4 is 5.32 Å². The molecule has 0 aromatic rings. The van der Waals surface area contributed by atoms with Crippen LogP contribution in [0.4, 0.5) is 0 Å². The van der Waals surface area contributed by atoms with E-state index in [2.05, 4.69) is 5.32 Å². The Bertz CT molecular complexity index is 299. The van der Waals surface area contributed by atoms with Gasteiger partial charge in [-0.1, -0.05) is 13.8 Å². The van der Waals surface area contributed by atoms with E-state index in [4.69, 9.17) is 14.6 Å². The number of carbonyl (C=O) groups is 2. The molecule has 1 aliphatic rings. The maximum absolute atomic E-state index is 11.6. The van der Waals surface area contributed by atoms with Gasteiger partial charge in [-0.3, -0.25) is 4.79 Å². The Hall–Kier alpha value is -1.14. The van der Waals surface area contributed by atoms with Crippen LogP contribution in [0.15, 0.2) is 0 Å². The summed E-state index contributed by atoms with van der Waals surface area (Å²) < 4.78 is 10.8. The van der Waals surface area contributed by atoms with Crippen molar-refractivity contribution in [1.29, 1.82) is 0 Å². The number of aliphatic carboxylic acids is 1. The molecule has 1 amide bonds. The fourth-order valence-corrected chi connectivity index (χ4v) is 1.92. The van der Waals surface area contributed by atoms with Crippen molar-refractivity contribution < 1.29 is 24.2 Å². The average molecular weight is 273 g/mol. The first-order valence-electron chi connectivity index (χ1n) is 6.72. The number of carboxylic acid groups (broad SMARTS) is 1. The highest BCUT2D eigenvalue weighted by molar-refractivity contribution is 5.83. The average Bonchev–Trinajstić information content (AvgIpc) is 2.36. The molecule has 1 fully saturated rings. The first-order valence-corrected chi connectivity index (χ1v) is 6.72. The topological polar surface area (TPSA) is 84.9 Å². The van der Waals surface area contributed by atoms with Gasteiger partial charge in [-0.25, -0.2) is 4.79 Å². The standard InChI is InChI=1S/C13H23NO5/c1-9(2)12(13(16)17)14-11(15)5-8-19-10-3-6-18-7-4-10/h9-10,12H,3-8H2,1-2H3,(H,14,15)(H,16,17)/t12-/m1/s1. The first kappa shape index (κ1) is 15.9. The molecule has 6 nitrogen and oxygen atoms in total. The molecule has 1 rings (SSSR count). The van der Waals surface area contributed by atoms with Crippen LogP contribution in [0.2, 0.25) is 0 Å². The van der Waals surface area contributed by atoms with E-state index in [1.54, 1.807) is 13.8 Å². The molecule has 19 heavy (non-hydrogen) atoms. The van der Waals surface area contributed by atoms with Gasteiger partial charge in [0, 0.05) is 19.6 Å². The Morgan fingerprint density at radius 1 is 1.37 bits per heavy atom. The minimum absolute atomic E-state index is 0.141. The van der Waals surface area contributed by atoms with E-state index in [1.165, 1.54) is 0 Å². The van der Waals surface area contributed by atoms with Gasteiger partial charge < -0.3 is 19.9 Å². The largest absolute Gasteiger partial charge is 0.480 e. The summed E-state index contributed by atoms with van der Waals surface area (Å²) in [5.41, 5.74) is 0. The molecule has 0 aliphatic carbocycles. The number of carbonyl (C=O) groups excluding carboxylic acids is 1. The predicted molar refractivity (Wildman–Crippen MR) is 68.8 cm³/mol. The second-order valence-electron chi connectivity index (χ2n) is 5.06. The van der Waals surface area contributed by atoms with Gasteiger partial charge in [-0.15, -0.1) is 0 Å². The van der Waals surface area contributed by atoms with E-state index in [-0.39, 0.29) is 24.3 Å². The molecule has 0 bridgehead atoms. The molecule has 0 aromatic carbocycles. The van der Waals surface area contributed by atoms with Gasteiger partial charge >= 0.3 is 5.97 Å². The Morgan fingerprint density at radius 3 is 2.53 bits per heavy atom. The molecule has 110 valence electrons. The van der Waals surface area contributed by atoms with Crippen molar-refractivity contribution in [2.24, 2.45) is 5.92 Å². The quantitative estimate of drug-likeness (QED) is 0.716. The summed E-state index contributed by atoms with van der Waals surface area (Å²) in [4.78, 5) is 22.6. The van der Waals surface area contributed by atoms with E-state index in [0.29, 0.717) is 19.8 Å². The fraction of sp³-hybridized carbons (Fsp3) is 0.846. The summed E-state index contributed by atoms with van der Waals surface area (Å²) in [6.45, 7) is 5.24. The van der Waals surface area contributed by atoms with Crippen LogP contribution >= 0.6 is 0 Å². The Kier molecular flexibility index (Phi) is 6.80. The van der Waals surface area contributed by atoms with Crippen LogP contribution in [-0.4, -0.2) is 48.9 Å². The van der Waals surface area contributed by atoms with Crippen molar-refractivity contribution in [3.05, 3.63) is 0 Å². The van der Waals surface area contributed by atoms with Gasteiger partial charge in [0.2, 0.25) is 5.91 Å². The summed E-state index contributed by atoms with van der Waals surface area (Å²) in [7, 11) is 0. The van der Waals surface area contributed by atoms with Crippen molar-refractivity contribution >= 4 is 11.9 Å². The molecular formula is C13H23NO5. The second-order valence-corrected chi connectivity index (χ2v) is 5.06. The Labute approximate surface area is 113 Å². The number of amides is 1. The van der Waals surface area contributed by atoms with Crippen molar-refractivity contribution in [2.75, 3.05) is 19.8 Å². The predicted octanol–water partition coefficient (Wildman–Crippen LogP) is 0.798. The van der Waals surface area contributed by atoms with Gasteiger partial charge in [0.1, 0.15) is 6.04 Å². The summed E-state index contributed by atoms with van der Waals surface area (Å²) in [5.74, 6) is -1.43. The molecule has 1 saturated heterocycles. The lowest BCUT2D eigenvalue weighted by molar-refractivity contribution is -0.143. The van der Waals surface area contributed by atoms with E-state index in [0.717, 1.165) is 12.8 Å². The zero-order chi connectivity index (χ0) is 14.3. The number of hydrogen-bond donors (Lipinski definition) is 2. The van der Waals surface area contributed by atoms with Crippen molar-refractivity contribution in [1.82, 2.24) is 5.32 Å². The third-order valence-corrected chi connectivity index (χ3v) is 3.10. The van der Waals surface area contributed by atoms with Crippen LogP contribution in [0.1, 0.15) is 33.1 Å². The van der Waals surface area contributed by atoms with Gasteiger partial charge in [-0.2, -0.15) is 0 Å². The molecule has 0 unspecified atom stereocenters. The maximum atomic E-state index is 11.6. The second kappa shape index (κ2) is 8.12. The lowest BCUT2D eigenvalue weighted by Crippen LogP contribution is -2.44. The Balaban J connectivity index is 2.21. The number of carboxylic acids is 1. The van der Waals surface area contributed by atoms with E-state index < -0.39 is 12.0 Å². The molecular weight excluding hydrogens is 250 g/mol. The lowest BCUT2D eigenvalue weighted by Gasteiger charge is -2.22. The summed E-state index contributed by atoms with van der Waals surface area (Å²) >= 11 is 0. The Morgan fingerprint density at radius 2 is 2.00 bits per heavy atom. The van der Waals surface area contributed by atoms with E-state index in [1.807, 2.05) is 0 Å². The summed E-state index contributed by atoms with van der Waals surface area (Å²) in [6.07, 6.45) is 2.05. The van der Waals surface area contributed by atoms with Crippen LogP contribution in [0.5, 0.6) is 0 Å². The SMILES string of the molecule is CC(C)[C@@H](NC(=O)CCOC1CCOCC1)C(=O)O. The minimum Gasteiger partial charge on any atom is -0.480 e.